The molecular weight excluding hydrogens is 410 g/mol. The molecular formula is C21H26N9O2+. The Balaban J connectivity index is 1.52. The Morgan fingerprint density at radius 1 is 1.25 bits per heavy atom. The van der Waals surface area contributed by atoms with Crippen molar-refractivity contribution in [2.45, 2.75) is 32.7 Å². The highest BCUT2D eigenvalue weighted by molar-refractivity contribution is 5.94. The van der Waals surface area contributed by atoms with Crippen LogP contribution in [0.2, 0.25) is 0 Å². The van der Waals surface area contributed by atoms with E-state index in [1.807, 2.05) is 43.3 Å². The number of piperidine rings is 1. The highest BCUT2D eigenvalue weighted by atomic mass is 16.6. The van der Waals surface area contributed by atoms with E-state index in [1.54, 1.807) is 6.21 Å². The zero-order valence-corrected chi connectivity index (χ0v) is 17.9. The molecule has 0 unspecified atom stereocenters. The van der Waals surface area contributed by atoms with Crippen molar-refractivity contribution < 1.29 is 14.3 Å². The molecule has 0 radical (unpaired) electrons. The quantitative estimate of drug-likeness (QED) is 0.364. The lowest BCUT2D eigenvalue weighted by Crippen LogP contribution is -3.11. The Morgan fingerprint density at radius 3 is 2.75 bits per heavy atom. The SMILES string of the molecule is CC(/C=N\NC(=O)c1nnn(-c2nonc2N)c1C[NH+]1CCCCC1)=C\c1ccccc1. The van der Waals surface area contributed by atoms with Crippen LogP contribution in [0.5, 0.6) is 0 Å². The molecule has 0 aliphatic carbocycles. The lowest BCUT2D eigenvalue weighted by atomic mass is 10.1. The monoisotopic (exact) mass is 436 g/mol. The minimum absolute atomic E-state index is 0.0800. The van der Waals surface area contributed by atoms with Crippen LogP contribution in [0.15, 0.2) is 45.6 Å². The van der Waals surface area contributed by atoms with Crippen LogP contribution in [0, 0.1) is 0 Å². The summed E-state index contributed by atoms with van der Waals surface area (Å²) in [5.74, 6) is -0.161. The highest BCUT2D eigenvalue weighted by Gasteiger charge is 2.27. The summed E-state index contributed by atoms with van der Waals surface area (Å²) in [6.07, 6.45) is 7.06. The number of quaternary nitrogens is 1. The van der Waals surface area contributed by atoms with E-state index < -0.39 is 5.91 Å². The van der Waals surface area contributed by atoms with Gasteiger partial charge >= 0.3 is 0 Å². The van der Waals surface area contributed by atoms with Crippen molar-refractivity contribution in [2.24, 2.45) is 5.10 Å². The number of anilines is 1. The number of amides is 1. The topological polar surface area (TPSA) is 142 Å². The van der Waals surface area contributed by atoms with Gasteiger partial charge in [0.1, 0.15) is 12.2 Å². The van der Waals surface area contributed by atoms with Gasteiger partial charge in [-0.15, -0.1) is 5.10 Å². The number of nitrogens with zero attached hydrogens (tertiary/aromatic N) is 6. The van der Waals surface area contributed by atoms with Gasteiger partial charge in [0, 0.05) is 0 Å². The van der Waals surface area contributed by atoms with Gasteiger partial charge in [-0.05, 0) is 47.6 Å². The number of hydrazone groups is 1. The summed E-state index contributed by atoms with van der Waals surface area (Å²) < 4.78 is 6.13. The van der Waals surface area contributed by atoms with Crippen LogP contribution >= 0.6 is 0 Å². The average Bonchev–Trinajstić information content (AvgIpc) is 3.40. The highest BCUT2D eigenvalue weighted by Crippen LogP contribution is 2.15. The van der Waals surface area contributed by atoms with Gasteiger partial charge in [0.25, 0.3) is 5.91 Å². The van der Waals surface area contributed by atoms with Crippen molar-refractivity contribution in [1.29, 1.82) is 0 Å². The number of nitrogens with one attached hydrogen (secondary N) is 2. The largest absolute Gasteiger partial charge is 0.378 e. The van der Waals surface area contributed by atoms with Gasteiger partial charge in [-0.25, -0.2) is 10.1 Å². The number of hydrogen-bond acceptors (Lipinski definition) is 8. The van der Waals surface area contributed by atoms with Crippen LogP contribution < -0.4 is 16.1 Å². The standard InChI is InChI=1S/C21H25N9O2/c1-15(12-16-8-4-2-5-9-16)13-23-25-21(31)18-17(14-29-10-6-3-7-11-29)30(28-24-18)20-19(22)26-32-27-20/h2,4-5,8-9,12-13H,3,6-7,10-11,14H2,1H3,(H2,22,26)(H,25,31)/p+1/b15-12+,23-13-. The normalized spacial score (nSPS) is 15.3. The first-order valence-corrected chi connectivity index (χ1v) is 10.5. The first kappa shape index (κ1) is 21.4. The fourth-order valence-electron chi connectivity index (χ4n) is 3.70. The Kier molecular flexibility index (Phi) is 6.66. The van der Waals surface area contributed by atoms with E-state index in [1.165, 1.54) is 16.0 Å². The molecule has 0 spiro atoms. The molecule has 1 amide bonds. The lowest BCUT2D eigenvalue weighted by Gasteiger charge is -2.23. The van der Waals surface area contributed by atoms with Crippen LogP contribution in [0.3, 0.4) is 0 Å². The predicted molar refractivity (Wildman–Crippen MR) is 118 cm³/mol. The molecule has 1 aromatic carbocycles. The van der Waals surface area contributed by atoms with E-state index in [2.05, 4.69) is 31.2 Å². The minimum atomic E-state index is -0.457. The Hall–Kier alpha value is -3.86. The number of likely N-dealkylation sites (tertiary alicyclic amines) is 1. The second-order valence-electron chi connectivity index (χ2n) is 7.76. The number of benzene rings is 1. The fourth-order valence-corrected chi connectivity index (χ4v) is 3.70. The molecule has 1 aliphatic heterocycles. The number of nitrogen functional groups attached to an aromatic ring is 1. The molecule has 1 fully saturated rings. The molecule has 2 aromatic heterocycles. The van der Waals surface area contributed by atoms with Gasteiger partial charge in [0.05, 0.1) is 19.3 Å². The van der Waals surface area contributed by atoms with E-state index in [0.717, 1.165) is 37.1 Å². The van der Waals surface area contributed by atoms with Crippen molar-refractivity contribution >= 4 is 24.0 Å². The maximum absolute atomic E-state index is 12.9. The van der Waals surface area contributed by atoms with Gasteiger partial charge < -0.3 is 10.6 Å². The van der Waals surface area contributed by atoms with E-state index >= 15 is 0 Å². The Labute approximate surface area is 184 Å². The van der Waals surface area contributed by atoms with Crippen molar-refractivity contribution in [3.05, 3.63) is 52.9 Å². The van der Waals surface area contributed by atoms with Gasteiger partial charge in [-0.1, -0.05) is 41.6 Å². The van der Waals surface area contributed by atoms with Gasteiger partial charge in [-0.2, -0.15) is 9.78 Å². The van der Waals surface area contributed by atoms with Gasteiger partial charge in [-0.3, -0.25) is 4.79 Å². The second kappa shape index (κ2) is 9.96. The fraction of sp³-hybridized carbons (Fsp3) is 0.333. The average molecular weight is 437 g/mol. The van der Waals surface area contributed by atoms with E-state index in [4.69, 9.17) is 10.4 Å². The van der Waals surface area contributed by atoms with Crippen LogP contribution in [0.4, 0.5) is 5.82 Å². The van der Waals surface area contributed by atoms with Crippen molar-refractivity contribution in [2.75, 3.05) is 18.8 Å². The Morgan fingerprint density at radius 2 is 2.03 bits per heavy atom. The summed E-state index contributed by atoms with van der Waals surface area (Å²) in [5.41, 5.74) is 11.1. The minimum Gasteiger partial charge on any atom is -0.378 e. The number of hydrogen-bond donors (Lipinski definition) is 3. The summed E-state index contributed by atoms with van der Waals surface area (Å²) in [6.45, 7) is 4.49. The summed E-state index contributed by atoms with van der Waals surface area (Å²) in [4.78, 5) is 14.2. The molecule has 11 heteroatoms. The summed E-state index contributed by atoms with van der Waals surface area (Å²) in [6, 6.07) is 9.87. The molecule has 3 heterocycles. The number of carbonyl (C=O) groups is 1. The van der Waals surface area contributed by atoms with Gasteiger partial charge in [0.2, 0.25) is 11.6 Å². The second-order valence-corrected chi connectivity index (χ2v) is 7.76. The van der Waals surface area contributed by atoms with Crippen LogP contribution in [-0.4, -0.2) is 50.5 Å². The molecule has 4 rings (SSSR count). The van der Waals surface area contributed by atoms with Crippen LogP contribution in [0.1, 0.15) is 47.9 Å². The third kappa shape index (κ3) is 5.06. The smallest absolute Gasteiger partial charge is 0.294 e. The van der Waals surface area contributed by atoms with Crippen molar-refractivity contribution in [1.82, 2.24) is 30.7 Å². The molecule has 0 atom stereocenters. The van der Waals surface area contributed by atoms with Gasteiger partial charge in [0.15, 0.2) is 5.69 Å². The summed E-state index contributed by atoms with van der Waals surface area (Å²) in [5, 5.41) is 19.7. The summed E-state index contributed by atoms with van der Waals surface area (Å²) >= 11 is 0. The van der Waals surface area contributed by atoms with Crippen molar-refractivity contribution in [3.8, 4) is 5.82 Å². The molecule has 0 saturated carbocycles. The van der Waals surface area contributed by atoms with Crippen LogP contribution in [0.25, 0.3) is 11.9 Å². The molecule has 11 nitrogen and oxygen atoms in total. The molecule has 166 valence electrons. The zero-order chi connectivity index (χ0) is 22.3. The third-order valence-corrected chi connectivity index (χ3v) is 5.28. The number of carbonyl (C=O) groups excluding carboxylic acids is 1. The van der Waals surface area contributed by atoms with E-state index in [0.29, 0.717) is 12.2 Å². The zero-order valence-electron chi connectivity index (χ0n) is 17.9. The molecule has 3 aromatic rings. The third-order valence-electron chi connectivity index (χ3n) is 5.28. The van der Waals surface area contributed by atoms with E-state index in [-0.39, 0.29) is 17.3 Å². The number of allylic oxidation sites excluding steroid dienone is 1. The predicted octanol–water partition coefficient (Wildman–Crippen LogP) is 0.620. The molecule has 0 bridgehead atoms. The first-order chi connectivity index (χ1) is 15.6. The molecule has 1 saturated heterocycles. The number of rotatable bonds is 7. The summed E-state index contributed by atoms with van der Waals surface area (Å²) in [7, 11) is 0. The lowest BCUT2D eigenvalue weighted by molar-refractivity contribution is -0.918. The maximum atomic E-state index is 12.9. The van der Waals surface area contributed by atoms with Crippen LogP contribution in [-0.2, 0) is 6.54 Å². The number of nitrogens with two attached hydrogens (primary N) is 1. The van der Waals surface area contributed by atoms with E-state index in [9.17, 15) is 4.79 Å². The molecule has 4 N–H and O–H groups in total. The maximum Gasteiger partial charge on any atom is 0.294 e. The molecule has 1 aliphatic rings. The number of aromatic nitrogens is 5. The Bertz CT molecular complexity index is 1110. The van der Waals surface area contributed by atoms with Crippen molar-refractivity contribution in [3.63, 3.8) is 0 Å². The molecule has 32 heavy (non-hydrogen) atoms. The first-order valence-electron chi connectivity index (χ1n) is 10.5.